The molecule has 1 amide bonds. The summed E-state index contributed by atoms with van der Waals surface area (Å²) in [6, 6.07) is 11.9. The Balaban J connectivity index is 2.20. The molecule has 0 heterocycles. The Morgan fingerprint density at radius 2 is 1.78 bits per heavy atom. The summed E-state index contributed by atoms with van der Waals surface area (Å²) in [5.74, 6) is 0.0320. The molecular weight excluding hydrogens is 294 g/mol. The van der Waals surface area contributed by atoms with E-state index in [-0.39, 0.29) is 17.2 Å². The topological polar surface area (TPSA) is 84.3 Å². The van der Waals surface area contributed by atoms with Crippen LogP contribution < -0.4 is 10.6 Å². The van der Waals surface area contributed by atoms with E-state index in [2.05, 4.69) is 24.5 Å². The van der Waals surface area contributed by atoms with Crippen molar-refractivity contribution in [2.24, 2.45) is 0 Å². The van der Waals surface area contributed by atoms with Crippen LogP contribution in [0, 0.1) is 10.1 Å². The van der Waals surface area contributed by atoms with Gasteiger partial charge in [-0.2, -0.15) is 0 Å². The van der Waals surface area contributed by atoms with Crippen LogP contribution in [-0.2, 0) is 0 Å². The van der Waals surface area contributed by atoms with Gasteiger partial charge < -0.3 is 10.6 Å². The van der Waals surface area contributed by atoms with E-state index in [1.807, 2.05) is 24.3 Å². The average Bonchev–Trinajstić information content (AvgIpc) is 2.54. The van der Waals surface area contributed by atoms with Gasteiger partial charge >= 0.3 is 0 Å². The van der Waals surface area contributed by atoms with Gasteiger partial charge in [0.2, 0.25) is 0 Å². The number of anilines is 2. The molecule has 0 atom stereocenters. The molecule has 2 aromatic carbocycles. The second-order valence-electron chi connectivity index (χ2n) is 5.47. The average molecular weight is 313 g/mol. The van der Waals surface area contributed by atoms with Crippen molar-refractivity contribution in [2.45, 2.75) is 19.8 Å². The number of nitrogens with zero attached hydrogens (tertiary/aromatic N) is 1. The molecule has 0 unspecified atom stereocenters. The minimum atomic E-state index is -0.514. The van der Waals surface area contributed by atoms with Crippen molar-refractivity contribution in [1.29, 1.82) is 0 Å². The Hall–Kier alpha value is -2.89. The van der Waals surface area contributed by atoms with E-state index in [1.165, 1.54) is 17.7 Å². The number of benzene rings is 2. The number of hydrogen-bond donors (Lipinski definition) is 2. The first-order valence-electron chi connectivity index (χ1n) is 7.30. The quantitative estimate of drug-likeness (QED) is 0.645. The molecule has 0 aromatic heterocycles. The smallest absolute Gasteiger partial charge is 0.293 e. The predicted molar refractivity (Wildman–Crippen MR) is 91.1 cm³/mol. The first kappa shape index (κ1) is 16.5. The SMILES string of the molecule is CNc1ccc(C(=O)Nc2ccc(C(C)C)cc2)cc1[N+](=O)[O-]. The fourth-order valence-corrected chi connectivity index (χ4v) is 2.19. The van der Waals surface area contributed by atoms with Crippen LogP contribution in [0.3, 0.4) is 0 Å². The molecule has 6 heteroatoms. The summed E-state index contributed by atoms with van der Waals surface area (Å²) in [5.41, 5.74) is 2.31. The van der Waals surface area contributed by atoms with E-state index in [1.54, 1.807) is 13.1 Å². The Kier molecular flexibility index (Phi) is 4.95. The van der Waals surface area contributed by atoms with E-state index in [4.69, 9.17) is 0 Å². The molecule has 0 radical (unpaired) electrons. The first-order chi connectivity index (χ1) is 10.9. The number of carbonyl (C=O) groups excluding carboxylic acids is 1. The summed E-state index contributed by atoms with van der Waals surface area (Å²) < 4.78 is 0. The molecule has 0 saturated heterocycles. The molecule has 23 heavy (non-hydrogen) atoms. The van der Waals surface area contributed by atoms with Gasteiger partial charge in [0.25, 0.3) is 11.6 Å². The van der Waals surface area contributed by atoms with Gasteiger partial charge in [0, 0.05) is 24.4 Å². The summed E-state index contributed by atoms with van der Waals surface area (Å²) in [7, 11) is 1.60. The van der Waals surface area contributed by atoms with E-state index in [9.17, 15) is 14.9 Å². The van der Waals surface area contributed by atoms with Crippen molar-refractivity contribution in [2.75, 3.05) is 17.7 Å². The molecule has 0 aliphatic rings. The lowest BCUT2D eigenvalue weighted by Gasteiger charge is -2.09. The zero-order valence-corrected chi connectivity index (χ0v) is 13.3. The lowest BCUT2D eigenvalue weighted by atomic mass is 10.0. The third-order valence-electron chi connectivity index (χ3n) is 3.56. The molecule has 2 N–H and O–H groups in total. The number of carbonyl (C=O) groups is 1. The second kappa shape index (κ2) is 6.91. The van der Waals surface area contributed by atoms with Gasteiger partial charge in [-0.15, -0.1) is 0 Å². The number of hydrogen-bond acceptors (Lipinski definition) is 4. The van der Waals surface area contributed by atoms with Crippen molar-refractivity contribution in [3.8, 4) is 0 Å². The molecule has 0 aliphatic heterocycles. The van der Waals surface area contributed by atoms with Crippen LogP contribution in [0.2, 0.25) is 0 Å². The Morgan fingerprint density at radius 3 is 2.30 bits per heavy atom. The highest BCUT2D eigenvalue weighted by Gasteiger charge is 2.16. The standard InChI is InChI=1S/C17H19N3O3/c1-11(2)12-4-7-14(8-5-12)19-17(21)13-6-9-15(18-3)16(10-13)20(22)23/h4-11,18H,1-3H3,(H,19,21). The van der Waals surface area contributed by atoms with Crippen LogP contribution in [-0.4, -0.2) is 17.9 Å². The normalized spacial score (nSPS) is 10.4. The van der Waals surface area contributed by atoms with Gasteiger partial charge in [-0.3, -0.25) is 14.9 Å². The van der Waals surface area contributed by atoms with Crippen LogP contribution in [0.4, 0.5) is 17.1 Å². The Labute approximate surface area is 134 Å². The zero-order chi connectivity index (χ0) is 17.0. The predicted octanol–water partition coefficient (Wildman–Crippen LogP) is 4.01. The fraction of sp³-hybridized carbons (Fsp3) is 0.235. The summed E-state index contributed by atoms with van der Waals surface area (Å²) in [4.78, 5) is 22.8. The summed E-state index contributed by atoms with van der Waals surface area (Å²) in [5, 5.41) is 16.5. The second-order valence-corrected chi connectivity index (χ2v) is 5.47. The maximum Gasteiger partial charge on any atom is 0.293 e. The number of nitrogens with one attached hydrogen (secondary N) is 2. The molecule has 2 aromatic rings. The molecule has 6 nitrogen and oxygen atoms in total. The highest BCUT2D eigenvalue weighted by Crippen LogP contribution is 2.25. The maximum absolute atomic E-state index is 12.3. The maximum atomic E-state index is 12.3. The molecule has 0 spiro atoms. The van der Waals surface area contributed by atoms with Gasteiger partial charge in [0.05, 0.1) is 4.92 Å². The van der Waals surface area contributed by atoms with Crippen LogP contribution in [0.1, 0.15) is 35.7 Å². The van der Waals surface area contributed by atoms with Crippen molar-refractivity contribution < 1.29 is 9.72 Å². The lowest BCUT2D eigenvalue weighted by molar-refractivity contribution is -0.384. The zero-order valence-electron chi connectivity index (χ0n) is 13.3. The lowest BCUT2D eigenvalue weighted by Crippen LogP contribution is -2.12. The van der Waals surface area contributed by atoms with E-state index >= 15 is 0 Å². The van der Waals surface area contributed by atoms with Crippen molar-refractivity contribution in [1.82, 2.24) is 0 Å². The number of nitro groups is 1. The highest BCUT2D eigenvalue weighted by atomic mass is 16.6. The minimum Gasteiger partial charge on any atom is -0.383 e. The van der Waals surface area contributed by atoms with Gasteiger partial charge in [0.1, 0.15) is 5.69 Å². The molecule has 2 rings (SSSR count). The van der Waals surface area contributed by atoms with Gasteiger partial charge in [-0.1, -0.05) is 26.0 Å². The molecule has 0 fully saturated rings. The highest BCUT2D eigenvalue weighted by molar-refractivity contribution is 6.05. The third-order valence-corrected chi connectivity index (χ3v) is 3.56. The first-order valence-corrected chi connectivity index (χ1v) is 7.30. The minimum absolute atomic E-state index is 0.129. The largest absolute Gasteiger partial charge is 0.383 e. The Morgan fingerprint density at radius 1 is 1.13 bits per heavy atom. The fourth-order valence-electron chi connectivity index (χ4n) is 2.19. The summed E-state index contributed by atoms with van der Waals surface area (Å²) in [6.45, 7) is 4.19. The summed E-state index contributed by atoms with van der Waals surface area (Å²) >= 11 is 0. The third kappa shape index (κ3) is 3.85. The monoisotopic (exact) mass is 313 g/mol. The van der Waals surface area contributed by atoms with Crippen molar-refractivity contribution in [3.05, 3.63) is 63.7 Å². The molecule has 0 aliphatic carbocycles. The van der Waals surface area contributed by atoms with E-state index < -0.39 is 4.92 Å². The van der Waals surface area contributed by atoms with Crippen LogP contribution in [0.25, 0.3) is 0 Å². The van der Waals surface area contributed by atoms with E-state index in [0.29, 0.717) is 17.3 Å². The molecule has 120 valence electrons. The number of amides is 1. The molecular formula is C17H19N3O3. The Bertz CT molecular complexity index is 724. The summed E-state index contributed by atoms with van der Waals surface area (Å²) in [6.07, 6.45) is 0. The number of rotatable bonds is 5. The van der Waals surface area contributed by atoms with Crippen LogP contribution >= 0.6 is 0 Å². The van der Waals surface area contributed by atoms with Gasteiger partial charge in [0.15, 0.2) is 0 Å². The molecule has 0 saturated carbocycles. The molecule has 0 bridgehead atoms. The number of nitro benzene ring substituents is 1. The van der Waals surface area contributed by atoms with Crippen LogP contribution in [0.15, 0.2) is 42.5 Å². The van der Waals surface area contributed by atoms with E-state index in [0.717, 1.165) is 0 Å². The van der Waals surface area contributed by atoms with Gasteiger partial charge in [-0.25, -0.2) is 0 Å². The van der Waals surface area contributed by atoms with Crippen molar-refractivity contribution in [3.63, 3.8) is 0 Å². The van der Waals surface area contributed by atoms with Gasteiger partial charge in [-0.05, 0) is 35.7 Å². The van der Waals surface area contributed by atoms with Crippen molar-refractivity contribution >= 4 is 23.0 Å². The van der Waals surface area contributed by atoms with Crippen LogP contribution in [0.5, 0.6) is 0 Å².